The van der Waals surface area contributed by atoms with Crippen LogP contribution in [0.1, 0.15) is 13.3 Å². The zero-order valence-corrected chi connectivity index (χ0v) is 7.91. The minimum absolute atomic E-state index is 0.193. The molecule has 0 unspecified atom stereocenters. The van der Waals surface area contributed by atoms with E-state index in [1.807, 2.05) is 0 Å². The second-order valence-electron chi connectivity index (χ2n) is 2.29. The Balaban J connectivity index is 4.14. The maximum absolute atomic E-state index is 11.5. The third-order valence-electron chi connectivity index (χ3n) is 0.966. The Bertz CT molecular complexity index is 297. The molecule has 84 valence electrons. The zero-order valence-electron chi connectivity index (χ0n) is 7.09. The Morgan fingerprint density at radius 3 is 2.29 bits per heavy atom. The van der Waals surface area contributed by atoms with Gasteiger partial charge in [0.2, 0.25) is 10.0 Å². The molecule has 0 fully saturated rings. The Morgan fingerprint density at radius 2 is 1.93 bits per heavy atom. The summed E-state index contributed by atoms with van der Waals surface area (Å²) >= 11 is 0. The minimum atomic E-state index is -5.21. The number of carbonyl (C=O) groups excluding carboxylic acids is 1. The van der Waals surface area contributed by atoms with Crippen LogP contribution in [0.4, 0.5) is 13.2 Å². The summed E-state index contributed by atoms with van der Waals surface area (Å²) in [5.74, 6) is -3.02. The summed E-state index contributed by atoms with van der Waals surface area (Å²) in [7, 11) is -3.98. The molecule has 0 bridgehead atoms. The van der Waals surface area contributed by atoms with Crippen molar-refractivity contribution in [1.82, 2.24) is 4.89 Å². The van der Waals surface area contributed by atoms with E-state index >= 15 is 0 Å². The summed E-state index contributed by atoms with van der Waals surface area (Å²) in [6, 6.07) is 0. The van der Waals surface area contributed by atoms with Crippen molar-refractivity contribution in [2.45, 2.75) is 19.5 Å². The van der Waals surface area contributed by atoms with Crippen LogP contribution in [0.5, 0.6) is 0 Å². The minimum Gasteiger partial charge on any atom is -0.348 e. The van der Waals surface area contributed by atoms with Gasteiger partial charge in [-0.3, -0.25) is 0 Å². The Labute approximate surface area is 78.2 Å². The lowest BCUT2D eigenvalue weighted by Gasteiger charge is -2.07. The van der Waals surface area contributed by atoms with Gasteiger partial charge in [0.25, 0.3) is 0 Å². The summed E-state index contributed by atoms with van der Waals surface area (Å²) in [5, 5.41) is 0. The molecule has 0 atom stereocenters. The van der Waals surface area contributed by atoms with Crippen LogP contribution < -0.4 is 4.89 Å². The van der Waals surface area contributed by atoms with Crippen molar-refractivity contribution in [3.63, 3.8) is 0 Å². The summed E-state index contributed by atoms with van der Waals surface area (Å²) in [6.07, 6.45) is -5.02. The molecule has 14 heavy (non-hydrogen) atoms. The van der Waals surface area contributed by atoms with Crippen LogP contribution in [0.2, 0.25) is 0 Å². The monoisotopic (exact) mass is 235 g/mol. The standard InChI is InChI=1S/C5H8F3NO4S/c1-2-3-14(11,12)9-13-4(10)5(6,7)8/h9H,2-3H2,1H3. The average Bonchev–Trinajstić information content (AvgIpc) is 1.98. The fourth-order valence-corrected chi connectivity index (χ4v) is 1.29. The van der Waals surface area contributed by atoms with Crippen molar-refractivity contribution in [1.29, 1.82) is 0 Å². The van der Waals surface area contributed by atoms with E-state index in [0.29, 0.717) is 0 Å². The summed E-state index contributed by atoms with van der Waals surface area (Å²) in [6.45, 7) is 1.50. The normalized spacial score (nSPS) is 12.6. The van der Waals surface area contributed by atoms with Crippen LogP contribution in [0.15, 0.2) is 0 Å². The molecule has 0 saturated heterocycles. The quantitative estimate of drug-likeness (QED) is 0.713. The van der Waals surface area contributed by atoms with Gasteiger partial charge in [0.05, 0.1) is 5.75 Å². The maximum Gasteiger partial charge on any atom is 0.492 e. The number of nitrogens with one attached hydrogen (secondary N) is 1. The van der Waals surface area contributed by atoms with Crippen molar-refractivity contribution in [2.24, 2.45) is 0 Å². The first kappa shape index (κ1) is 13.2. The molecule has 0 heterocycles. The summed E-state index contributed by atoms with van der Waals surface area (Å²) < 4.78 is 55.9. The van der Waals surface area contributed by atoms with Gasteiger partial charge < -0.3 is 4.84 Å². The van der Waals surface area contributed by atoms with Gasteiger partial charge in [0, 0.05) is 0 Å². The first-order valence-corrected chi connectivity index (χ1v) is 5.11. The molecule has 0 aliphatic carbocycles. The van der Waals surface area contributed by atoms with Crippen LogP contribution in [0.25, 0.3) is 0 Å². The molecule has 1 N–H and O–H groups in total. The Hall–Kier alpha value is -0.830. The highest BCUT2D eigenvalue weighted by molar-refractivity contribution is 7.89. The van der Waals surface area contributed by atoms with Gasteiger partial charge in [0.1, 0.15) is 0 Å². The molecular formula is C5H8F3NO4S. The molecule has 0 radical (unpaired) electrons. The van der Waals surface area contributed by atoms with E-state index in [9.17, 15) is 26.4 Å². The maximum atomic E-state index is 11.5. The zero-order chi connectivity index (χ0) is 11.4. The summed E-state index contributed by atoms with van der Waals surface area (Å²) in [4.78, 5) is 14.4. The smallest absolute Gasteiger partial charge is 0.348 e. The van der Waals surface area contributed by atoms with E-state index in [1.54, 1.807) is 0 Å². The van der Waals surface area contributed by atoms with Gasteiger partial charge in [-0.15, -0.1) is 0 Å². The van der Waals surface area contributed by atoms with Gasteiger partial charge in [-0.25, -0.2) is 13.2 Å². The van der Waals surface area contributed by atoms with Gasteiger partial charge in [-0.1, -0.05) is 6.92 Å². The van der Waals surface area contributed by atoms with E-state index in [4.69, 9.17) is 0 Å². The molecule has 0 spiro atoms. The largest absolute Gasteiger partial charge is 0.492 e. The SMILES string of the molecule is CCCS(=O)(=O)NOC(=O)C(F)(F)F. The molecule has 0 aromatic heterocycles. The lowest BCUT2D eigenvalue weighted by molar-refractivity contribution is -0.203. The van der Waals surface area contributed by atoms with E-state index in [-0.39, 0.29) is 6.42 Å². The molecule has 0 aliphatic heterocycles. The third kappa shape index (κ3) is 5.02. The first-order chi connectivity index (χ1) is 6.19. The number of hydrogen-bond acceptors (Lipinski definition) is 4. The molecule has 9 heteroatoms. The van der Waals surface area contributed by atoms with Crippen molar-refractivity contribution >= 4 is 16.0 Å². The van der Waals surface area contributed by atoms with E-state index in [0.717, 1.165) is 4.89 Å². The first-order valence-electron chi connectivity index (χ1n) is 3.46. The number of sulfonamides is 1. The highest BCUT2D eigenvalue weighted by atomic mass is 32.2. The summed E-state index contributed by atoms with van der Waals surface area (Å²) in [5.41, 5.74) is 0. The Morgan fingerprint density at radius 1 is 1.43 bits per heavy atom. The molecule has 5 nitrogen and oxygen atoms in total. The van der Waals surface area contributed by atoms with Crippen molar-refractivity contribution in [3.05, 3.63) is 0 Å². The predicted molar refractivity (Wildman–Crippen MR) is 39.4 cm³/mol. The number of hydrogen-bond donors (Lipinski definition) is 1. The van der Waals surface area contributed by atoms with Crippen LogP contribution in [-0.2, 0) is 19.7 Å². The molecule has 0 aromatic carbocycles. The van der Waals surface area contributed by atoms with Gasteiger partial charge in [0.15, 0.2) is 0 Å². The number of rotatable bonds is 4. The van der Waals surface area contributed by atoms with Crippen molar-refractivity contribution in [2.75, 3.05) is 5.75 Å². The van der Waals surface area contributed by atoms with Crippen molar-refractivity contribution in [3.8, 4) is 0 Å². The van der Waals surface area contributed by atoms with Crippen molar-refractivity contribution < 1.29 is 31.2 Å². The highest BCUT2D eigenvalue weighted by Crippen LogP contribution is 2.15. The van der Waals surface area contributed by atoms with Crippen LogP contribution in [-0.4, -0.2) is 26.3 Å². The van der Waals surface area contributed by atoms with E-state index in [1.165, 1.54) is 6.92 Å². The lowest BCUT2D eigenvalue weighted by atomic mass is 10.6. The van der Waals surface area contributed by atoms with Crippen LogP contribution in [0.3, 0.4) is 0 Å². The predicted octanol–water partition coefficient (Wildman–Crippen LogP) is 0.336. The fraction of sp³-hybridized carbons (Fsp3) is 0.800. The highest BCUT2D eigenvalue weighted by Gasteiger charge is 2.42. The van der Waals surface area contributed by atoms with E-state index in [2.05, 4.69) is 4.84 Å². The number of halogens is 3. The van der Waals surface area contributed by atoms with Gasteiger partial charge in [-0.05, 0) is 11.3 Å². The third-order valence-corrected chi connectivity index (χ3v) is 2.25. The second kappa shape index (κ2) is 4.60. The van der Waals surface area contributed by atoms with Crippen LogP contribution >= 0.6 is 0 Å². The molecular weight excluding hydrogens is 227 g/mol. The molecule has 0 amide bonds. The van der Waals surface area contributed by atoms with Gasteiger partial charge >= 0.3 is 12.1 Å². The lowest BCUT2D eigenvalue weighted by Crippen LogP contribution is -2.35. The van der Waals surface area contributed by atoms with E-state index < -0.39 is 27.9 Å². The van der Waals surface area contributed by atoms with Crippen LogP contribution in [0, 0.1) is 0 Å². The molecule has 0 aliphatic rings. The Kier molecular flexibility index (Phi) is 4.33. The molecule has 0 saturated carbocycles. The van der Waals surface area contributed by atoms with Gasteiger partial charge in [-0.2, -0.15) is 13.2 Å². The topological polar surface area (TPSA) is 72.5 Å². The molecule has 0 rings (SSSR count). The fourth-order valence-electron chi connectivity index (χ4n) is 0.470. The molecule has 0 aromatic rings. The second-order valence-corrected chi connectivity index (χ2v) is 4.09. The number of alkyl halides is 3. The number of carbonyl (C=O) groups is 1. The average molecular weight is 235 g/mol.